The highest BCUT2D eigenvalue weighted by molar-refractivity contribution is 6.34. The molecule has 7 nitrogen and oxygen atoms in total. The lowest BCUT2D eigenvalue weighted by Crippen LogP contribution is -2.36. The second-order valence-electron chi connectivity index (χ2n) is 8.07. The molecule has 32 heavy (non-hydrogen) atoms. The molecule has 3 aromatic rings. The zero-order valence-electron chi connectivity index (χ0n) is 17.9. The molecule has 1 unspecified atom stereocenters. The number of phenolic OH excluding ortho intramolecular Hbond substituents is 1. The minimum Gasteiger partial charge on any atom is -0.507 e. The van der Waals surface area contributed by atoms with Gasteiger partial charge in [0, 0.05) is 23.2 Å². The van der Waals surface area contributed by atoms with E-state index in [0.717, 1.165) is 25.0 Å². The van der Waals surface area contributed by atoms with Gasteiger partial charge in [-0.3, -0.25) is 4.79 Å². The summed E-state index contributed by atoms with van der Waals surface area (Å²) in [6.45, 7) is 3.94. The molecule has 4 rings (SSSR count). The van der Waals surface area contributed by atoms with E-state index in [1.165, 1.54) is 10.7 Å². The van der Waals surface area contributed by atoms with Gasteiger partial charge in [0.25, 0.3) is 5.91 Å². The van der Waals surface area contributed by atoms with Crippen molar-refractivity contribution < 1.29 is 14.7 Å². The highest BCUT2D eigenvalue weighted by Crippen LogP contribution is 2.42. The topological polar surface area (TPSA) is 96.3 Å². The molecule has 1 saturated carbocycles. The Bertz CT molecular complexity index is 1170. The summed E-state index contributed by atoms with van der Waals surface area (Å²) in [5.74, 6) is -0.0661. The van der Waals surface area contributed by atoms with Crippen LogP contribution in [0.15, 0.2) is 48.5 Å². The fraction of sp³-hybridized carbons (Fsp3) is 0.292. The number of amides is 2. The Labute approximate surface area is 191 Å². The van der Waals surface area contributed by atoms with Crippen LogP contribution in [-0.4, -0.2) is 32.9 Å². The molecule has 2 aromatic carbocycles. The van der Waals surface area contributed by atoms with Crippen molar-refractivity contribution in [3.63, 3.8) is 0 Å². The summed E-state index contributed by atoms with van der Waals surface area (Å²) >= 11 is 6.12. The normalized spacial score (nSPS) is 14.1. The van der Waals surface area contributed by atoms with Crippen molar-refractivity contribution in [3.05, 3.63) is 64.8 Å². The van der Waals surface area contributed by atoms with E-state index >= 15 is 0 Å². The Kier molecular flexibility index (Phi) is 6.19. The first-order chi connectivity index (χ1) is 15.4. The van der Waals surface area contributed by atoms with Crippen LogP contribution < -0.4 is 10.6 Å². The van der Waals surface area contributed by atoms with Crippen LogP contribution in [0.5, 0.6) is 5.75 Å². The molecular formula is C24H25ClN4O3. The maximum absolute atomic E-state index is 12.8. The molecule has 0 radical (unpaired) electrons. The number of hydrogen-bond donors (Lipinski definition) is 3. The number of benzene rings is 2. The molecule has 3 N–H and O–H groups in total. The number of carbonyl (C=O) groups excluding carboxylic acids is 2. The zero-order chi connectivity index (χ0) is 22.8. The number of phenols is 1. The van der Waals surface area contributed by atoms with E-state index in [0.29, 0.717) is 27.5 Å². The molecule has 1 heterocycles. The maximum atomic E-state index is 12.8. The first-order valence-electron chi connectivity index (χ1n) is 10.7. The maximum Gasteiger partial charge on any atom is 0.342 e. The van der Waals surface area contributed by atoms with Gasteiger partial charge in [0.2, 0.25) is 0 Å². The average molecular weight is 453 g/mol. The fourth-order valence-corrected chi connectivity index (χ4v) is 3.62. The number of aromatic hydroxyl groups is 1. The third-order valence-corrected chi connectivity index (χ3v) is 5.89. The third-order valence-electron chi connectivity index (χ3n) is 5.56. The molecule has 0 bridgehead atoms. The van der Waals surface area contributed by atoms with Crippen molar-refractivity contribution in [2.45, 2.75) is 45.1 Å². The van der Waals surface area contributed by atoms with E-state index in [2.05, 4.69) is 15.7 Å². The highest BCUT2D eigenvalue weighted by Gasteiger charge is 2.31. The number of anilines is 1. The van der Waals surface area contributed by atoms with E-state index in [4.69, 9.17) is 11.6 Å². The van der Waals surface area contributed by atoms with Crippen LogP contribution in [-0.2, 0) is 0 Å². The van der Waals surface area contributed by atoms with Gasteiger partial charge in [0.15, 0.2) is 0 Å². The van der Waals surface area contributed by atoms with E-state index in [1.54, 1.807) is 36.4 Å². The van der Waals surface area contributed by atoms with Crippen LogP contribution in [0.3, 0.4) is 0 Å². The first kappa shape index (κ1) is 21.9. The van der Waals surface area contributed by atoms with Gasteiger partial charge in [-0.1, -0.05) is 30.7 Å². The predicted molar refractivity (Wildman–Crippen MR) is 124 cm³/mol. The quantitative estimate of drug-likeness (QED) is 0.436. The molecule has 1 fully saturated rings. The number of aromatic nitrogens is 2. The second-order valence-corrected chi connectivity index (χ2v) is 8.47. The number of hydrogen-bond acceptors (Lipinski definition) is 4. The molecule has 1 aliphatic rings. The van der Waals surface area contributed by atoms with Crippen LogP contribution in [0.4, 0.5) is 10.5 Å². The van der Waals surface area contributed by atoms with Gasteiger partial charge in [-0.2, -0.15) is 9.78 Å². The Hall–Kier alpha value is -3.32. The van der Waals surface area contributed by atoms with Crippen molar-refractivity contribution in [2.75, 3.05) is 5.32 Å². The monoisotopic (exact) mass is 452 g/mol. The molecule has 0 saturated heterocycles. The highest BCUT2D eigenvalue weighted by atomic mass is 35.5. The van der Waals surface area contributed by atoms with Crippen LogP contribution in [0.1, 0.15) is 55.1 Å². The minimum absolute atomic E-state index is 0.00933. The lowest BCUT2D eigenvalue weighted by atomic mass is 10.1. The van der Waals surface area contributed by atoms with Crippen molar-refractivity contribution in [1.29, 1.82) is 0 Å². The summed E-state index contributed by atoms with van der Waals surface area (Å²) in [6, 6.07) is 13.1. The van der Waals surface area contributed by atoms with Crippen molar-refractivity contribution >= 4 is 29.2 Å². The van der Waals surface area contributed by atoms with Gasteiger partial charge in [0.05, 0.1) is 22.0 Å². The van der Waals surface area contributed by atoms with Gasteiger partial charge in [-0.15, -0.1) is 0 Å². The van der Waals surface area contributed by atoms with Crippen LogP contribution in [0.2, 0.25) is 5.02 Å². The van der Waals surface area contributed by atoms with Crippen molar-refractivity contribution in [1.82, 2.24) is 15.1 Å². The summed E-state index contributed by atoms with van der Waals surface area (Å²) in [6.07, 6.45) is 2.82. The molecule has 1 aromatic heterocycles. The number of rotatable bonds is 6. The first-order valence-corrected chi connectivity index (χ1v) is 11.0. The average Bonchev–Trinajstić information content (AvgIpc) is 3.53. The number of carbonyl (C=O) groups is 2. The third kappa shape index (κ3) is 4.62. The smallest absolute Gasteiger partial charge is 0.342 e. The lowest BCUT2D eigenvalue weighted by Gasteiger charge is -2.12. The molecule has 0 aliphatic heterocycles. The molecular weight excluding hydrogens is 428 g/mol. The van der Waals surface area contributed by atoms with Crippen molar-refractivity contribution in [2.24, 2.45) is 0 Å². The van der Waals surface area contributed by atoms with E-state index in [9.17, 15) is 14.7 Å². The number of nitrogens with one attached hydrogen (secondary N) is 2. The molecule has 2 amide bonds. The Morgan fingerprint density at radius 1 is 1.22 bits per heavy atom. The molecule has 8 heteroatoms. The predicted octanol–water partition coefficient (Wildman–Crippen LogP) is 5.40. The van der Waals surface area contributed by atoms with E-state index in [-0.39, 0.29) is 29.6 Å². The largest absolute Gasteiger partial charge is 0.507 e. The fourth-order valence-electron chi connectivity index (χ4n) is 3.40. The van der Waals surface area contributed by atoms with Gasteiger partial charge in [0.1, 0.15) is 5.75 Å². The Morgan fingerprint density at radius 2 is 1.97 bits per heavy atom. The Morgan fingerprint density at radius 3 is 2.66 bits per heavy atom. The summed E-state index contributed by atoms with van der Waals surface area (Å²) in [7, 11) is 0. The SMILES string of the molecule is CCC(C)NC(=O)n1nc(-c2cc(NC(=O)c3ccccc3Cl)ccc2O)cc1C1CC1. The van der Waals surface area contributed by atoms with Gasteiger partial charge >= 0.3 is 6.03 Å². The van der Waals surface area contributed by atoms with Gasteiger partial charge in [-0.25, -0.2) is 4.79 Å². The summed E-state index contributed by atoms with van der Waals surface area (Å²) in [5, 5.41) is 21.1. The molecule has 0 spiro atoms. The Balaban J connectivity index is 1.64. The molecule has 1 atom stereocenters. The van der Waals surface area contributed by atoms with Crippen LogP contribution >= 0.6 is 11.6 Å². The van der Waals surface area contributed by atoms with E-state index in [1.807, 2.05) is 19.9 Å². The van der Waals surface area contributed by atoms with Gasteiger partial charge in [-0.05, 0) is 62.6 Å². The molecule has 1 aliphatic carbocycles. The van der Waals surface area contributed by atoms with Gasteiger partial charge < -0.3 is 15.7 Å². The standard InChI is InChI=1S/C24H25ClN4O3/c1-3-14(2)26-24(32)29-21(15-8-9-15)13-20(28-29)18-12-16(10-11-22(18)30)27-23(31)17-6-4-5-7-19(17)25/h4-7,10-15,30H,3,8-9H2,1-2H3,(H,26,32)(H,27,31). The second kappa shape index (κ2) is 9.04. The van der Waals surface area contributed by atoms with Crippen LogP contribution in [0, 0.1) is 0 Å². The zero-order valence-corrected chi connectivity index (χ0v) is 18.7. The van der Waals surface area contributed by atoms with Crippen LogP contribution in [0.25, 0.3) is 11.3 Å². The van der Waals surface area contributed by atoms with Crippen molar-refractivity contribution in [3.8, 4) is 17.0 Å². The summed E-state index contributed by atoms with van der Waals surface area (Å²) in [5.41, 5.74) is 2.56. The number of halogens is 1. The van der Waals surface area contributed by atoms with E-state index < -0.39 is 0 Å². The number of nitrogens with zero attached hydrogens (tertiary/aromatic N) is 2. The summed E-state index contributed by atoms with van der Waals surface area (Å²) < 4.78 is 1.40. The summed E-state index contributed by atoms with van der Waals surface area (Å²) in [4.78, 5) is 25.4. The lowest BCUT2D eigenvalue weighted by molar-refractivity contribution is 0.102. The molecule has 166 valence electrons. The minimum atomic E-state index is -0.357.